The van der Waals surface area contributed by atoms with Crippen LogP contribution in [0.5, 0.6) is 0 Å². The van der Waals surface area contributed by atoms with E-state index in [1.165, 1.54) is 4.68 Å². The van der Waals surface area contributed by atoms with Crippen molar-refractivity contribution in [1.82, 2.24) is 19.6 Å². The van der Waals surface area contributed by atoms with Crippen molar-refractivity contribution in [2.24, 2.45) is 11.8 Å². The summed E-state index contributed by atoms with van der Waals surface area (Å²) in [4.78, 5) is 29.2. The van der Waals surface area contributed by atoms with E-state index in [1.54, 1.807) is 30.3 Å². The molecule has 8 nitrogen and oxygen atoms in total. The van der Waals surface area contributed by atoms with Gasteiger partial charge in [0.15, 0.2) is 0 Å². The Morgan fingerprint density at radius 3 is 2.82 bits per heavy atom. The molecule has 1 N–H and O–H groups in total. The van der Waals surface area contributed by atoms with Crippen molar-refractivity contribution in [1.29, 1.82) is 0 Å². The average Bonchev–Trinajstić information content (AvgIpc) is 3.11. The number of methoxy groups -OCH3 is 1. The third-order valence-electron chi connectivity index (χ3n) is 5.43. The highest BCUT2D eigenvalue weighted by atomic mass is 16.5. The first-order valence-electron chi connectivity index (χ1n) is 9.54. The molecule has 3 rings (SSSR count). The molecule has 1 fully saturated rings. The maximum Gasteiger partial charge on any atom is 0.275 e. The zero-order valence-electron chi connectivity index (χ0n) is 16.5. The fourth-order valence-corrected chi connectivity index (χ4v) is 3.76. The lowest BCUT2D eigenvalue weighted by atomic mass is 9.96. The molecule has 2 aromatic rings. The first-order valence-corrected chi connectivity index (χ1v) is 9.54. The van der Waals surface area contributed by atoms with E-state index in [2.05, 4.69) is 10.00 Å². The maximum atomic E-state index is 12.8. The number of carbonyl (C=O) groups excluding carboxylic acids is 1. The molecule has 152 valence electrons. The Kier molecular flexibility index (Phi) is 6.77. The molecular weight excluding hydrogens is 360 g/mol. The second kappa shape index (κ2) is 9.27. The van der Waals surface area contributed by atoms with Gasteiger partial charge in [0.25, 0.3) is 5.56 Å². The van der Waals surface area contributed by atoms with Gasteiger partial charge < -0.3 is 19.6 Å². The van der Waals surface area contributed by atoms with E-state index in [0.717, 1.165) is 18.5 Å². The molecule has 28 heavy (non-hydrogen) atoms. The molecule has 0 aliphatic carbocycles. The number of carbonyl (C=O) groups is 1. The summed E-state index contributed by atoms with van der Waals surface area (Å²) in [7, 11) is 3.68. The summed E-state index contributed by atoms with van der Waals surface area (Å²) < 4.78 is 6.32. The number of aliphatic hydroxyl groups excluding tert-OH is 1. The van der Waals surface area contributed by atoms with Gasteiger partial charge in [-0.2, -0.15) is 5.10 Å². The van der Waals surface area contributed by atoms with E-state index in [-0.39, 0.29) is 36.5 Å². The highest BCUT2D eigenvalue weighted by molar-refractivity contribution is 5.81. The van der Waals surface area contributed by atoms with Crippen LogP contribution in [0.4, 0.5) is 0 Å². The lowest BCUT2D eigenvalue weighted by molar-refractivity contribution is -0.131. The largest absolute Gasteiger partial charge is 0.396 e. The summed E-state index contributed by atoms with van der Waals surface area (Å²) in [5.41, 5.74) is -0.264. The maximum absolute atomic E-state index is 12.8. The van der Waals surface area contributed by atoms with E-state index < -0.39 is 0 Å². The Bertz CT molecular complexity index is 869. The Balaban J connectivity index is 1.66. The Morgan fingerprint density at radius 2 is 2.07 bits per heavy atom. The van der Waals surface area contributed by atoms with Crippen molar-refractivity contribution in [3.8, 4) is 0 Å². The minimum Gasteiger partial charge on any atom is -0.396 e. The minimum atomic E-state index is -0.264. The number of ether oxygens (including phenoxy) is 1. The van der Waals surface area contributed by atoms with Gasteiger partial charge in [-0.05, 0) is 19.0 Å². The molecule has 1 aliphatic heterocycles. The Hall–Kier alpha value is -2.29. The number of amides is 1. The number of benzene rings is 1. The van der Waals surface area contributed by atoms with Gasteiger partial charge in [-0.3, -0.25) is 9.59 Å². The van der Waals surface area contributed by atoms with Crippen LogP contribution in [-0.4, -0.2) is 84.1 Å². The Morgan fingerprint density at radius 1 is 1.32 bits per heavy atom. The van der Waals surface area contributed by atoms with Crippen LogP contribution in [0.3, 0.4) is 0 Å². The van der Waals surface area contributed by atoms with E-state index in [0.29, 0.717) is 25.1 Å². The topological polar surface area (TPSA) is 87.9 Å². The normalized spacial score (nSPS) is 19.6. The van der Waals surface area contributed by atoms with Crippen LogP contribution in [-0.2, 0) is 16.1 Å². The molecule has 0 unspecified atom stereocenters. The van der Waals surface area contributed by atoms with Crippen molar-refractivity contribution >= 4 is 16.7 Å². The van der Waals surface area contributed by atoms with Gasteiger partial charge in [0, 0.05) is 51.2 Å². The van der Waals surface area contributed by atoms with Crippen molar-refractivity contribution in [3.05, 3.63) is 40.8 Å². The molecule has 0 spiro atoms. The van der Waals surface area contributed by atoms with Crippen molar-refractivity contribution in [2.45, 2.75) is 6.54 Å². The number of likely N-dealkylation sites (N-methyl/N-ethyl adjacent to an activating group) is 1. The van der Waals surface area contributed by atoms with Gasteiger partial charge in [0.2, 0.25) is 5.91 Å². The molecule has 8 heteroatoms. The molecule has 2 atom stereocenters. The van der Waals surface area contributed by atoms with Crippen LogP contribution >= 0.6 is 0 Å². The van der Waals surface area contributed by atoms with Crippen LogP contribution in [0.2, 0.25) is 0 Å². The summed E-state index contributed by atoms with van der Waals surface area (Å²) in [5.74, 6) is 0.0812. The van der Waals surface area contributed by atoms with Gasteiger partial charge in [0.1, 0.15) is 6.54 Å². The minimum absolute atomic E-state index is 0.0372. The molecule has 0 radical (unpaired) electrons. The van der Waals surface area contributed by atoms with Gasteiger partial charge in [-0.1, -0.05) is 18.2 Å². The predicted molar refractivity (Wildman–Crippen MR) is 106 cm³/mol. The van der Waals surface area contributed by atoms with Gasteiger partial charge >= 0.3 is 0 Å². The van der Waals surface area contributed by atoms with Crippen molar-refractivity contribution < 1.29 is 14.6 Å². The molecule has 1 aliphatic rings. The summed E-state index contributed by atoms with van der Waals surface area (Å²) in [5, 5.41) is 15.2. The van der Waals surface area contributed by atoms with Crippen LogP contribution in [0.15, 0.2) is 35.3 Å². The highest BCUT2D eigenvalue weighted by Gasteiger charge is 2.35. The van der Waals surface area contributed by atoms with Crippen LogP contribution in [0, 0.1) is 11.8 Å². The van der Waals surface area contributed by atoms with Crippen LogP contribution in [0.25, 0.3) is 10.8 Å². The molecule has 1 aromatic heterocycles. The SMILES string of the molecule is COCCN(C)C[C@@H]1CN(C(=O)Cn2ncc3ccccc3c2=O)C[C@@H]1CO. The molecule has 1 aromatic carbocycles. The fraction of sp³-hybridized carbons (Fsp3) is 0.550. The first kappa shape index (κ1) is 20.4. The van der Waals surface area contributed by atoms with Gasteiger partial charge in [-0.25, -0.2) is 4.68 Å². The highest BCUT2D eigenvalue weighted by Crippen LogP contribution is 2.24. The molecule has 0 saturated carbocycles. The van der Waals surface area contributed by atoms with E-state index in [1.807, 2.05) is 19.2 Å². The fourth-order valence-electron chi connectivity index (χ4n) is 3.76. The number of rotatable bonds is 8. The number of aromatic nitrogens is 2. The number of fused-ring (bicyclic) bond motifs is 1. The molecule has 1 saturated heterocycles. The van der Waals surface area contributed by atoms with E-state index >= 15 is 0 Å². The van der Waals surface area contributed by atoms with Gasteiger partial charge in [-0.15, -0.1) is 0 Å². The predicted octanol–water partition coefficient (Wildman–Crippen LogP) is 0.0416. The zero-order valence-corrected chi connectivity index (χ0v) is 16.5. The smallest absolute Gasteiger partial charge is 0.275 e. The average molecular weight is 388 g/mol. The quantitative estimate of drug-likeness (QED) is 0.687. The number of hydrogen-bond acceptors (Lipinski definition) is 6. The lowest BCUT2D eigenvalue weighted by Gasteiger charge is -2.23. The summed E-state index contributed by atoms with van der Waals surface area (Å²) >= 11 is 0. The summed E-state index contributed by atoms with van der Waals surface area (Å²) in [6, 6.07) is 7.21. The summed E-state index contributed by atoms with van der Waals surface area (Å²) in [6.07, 6.45) is 1.61. The number of nitrogens with zero attached hydrogens (tertiary/aromatic N) is 4. The molecule has 1 amide bonds. The van der Waals surface area contributed by atoms with Crippen molar-refractivity contribution in [2.75, 3.05) is 53.6 Å². The zero-order chi connectivity index (χ0) is 20.1. The number of aliphatic hydroxyl groups is 1. The first-order chi connectivity index (χ1) is 13.5. The number of hydrogen-bond donors (Lipinski definition) is 1. The van der Waals surface area contributed by atoms with Gasteiger partial charge in [0.05, 0.1) is 18.2 Å². The molecule has 0 bridgehead atoms. The second-order valence-electron chi connectivity index (χ2n) is 7.45. The second-order valence-corrected chi connectivity index (χ2v) is 7.45. The monoisotopic (exact) mass is 388 g/mol. The third kappa shape index (κ3) is 4.57. The molecular formula is C20H28N4O4. The number of likely N-dealkylation sites (tertiary alicyclic amines) is 1. The standard InChI is InChI=1S/C20H28N4O4/c1-22(7-8-28-2)10-16-11-23(12-17(16)14-25)19(26)13-24-20(27)18-6-4-3-5-15(18)9-21-24/h3-6,9,16-17,25H,7-8,10-14H2,1-2H3/t16-,17-/m1/s1. The van der Waals surface area contributed by atoms with Crippen LogP contribution in [0.1, 0.15) is 0 Å². The molecule has 2 heterocycles. The lowest BCUT2D eigenvalue weighted by Crippen LogP contribution is -2.37. The van der Waals surface area contributed by atoms with Crippen molar-refractivity contribution in [3.63, 3.8) is 0 Å². The Labute approximate surface area is 164 Å². The third-order valence-corrected chi connectivity index (χ3v) is 5.43. The summed E-state index contributed by atoms with van der Waals surface area (Å²) in [6.45, 7) is 3.26. The van der Waals surface area contributed by atoms with E-state index in [9.17, 15) is 14.7 Å². The van der Waals surface area contributed by atoms with E-state index in [4.69, 9.17) is 4.74 Å². The van der Waals surface area contributed by atoms with Crippen LogP contribution < -0.4 is 5.56 Å².